The third-order valence-electron chi connectivity index (χ3n) is 4.35. The fourth-order valence-electron chi connectivity index (χ4n) is 3.09. The van der Waals surface area contributed by atoms with Gasteiger partial charge in [-0.05, 0) is 55.9 Å². The molecule has 1 aliphatic carbocycles. The molecule has 1 N–H and O–H groups in total. The molecule has 2 amide bonds. The summed E-state index contributed by atoms with van der Waals surface area (Å²) < 4.78 is 12.8. The lowest BCUT2D eigenvalue weighted by Gasteiger charge is -2.36. The summed E-state index contributed by atoms with van der Waals surface area (Å²) in [5, 5.41) is 2.86. The van der Waals surface area contributed by atoms with Crippen LogP contribution in [0.4, 0.5) is 14.9 Å². The summed E-state index contributed by atoms with van der Waals surface area (Å²) in [5.74, 6) is 0.410. The lowest BCUT2D eigenvalue weighted by molar-refractivity contribution is 0.148. The first-order valence-corrected chi connectivity index (χ1v) is 7.07. The van der Waals surface area contributed by atoms with Crippen molar-refractivity contribution in [3.63, 3.8) is 0 Å². The van der Waals surface area contributed by atoms with E-state index in [4.69, 9.17) is 0 Å². The smallest absolute Gasteiger partial charge is 0.321 e. The Morgan fingerprint density at radius 1 is 1.16 bits per heavy atom. The number of carbonyl (C=O) groups is 1. The van der Waals surface area contributed by atoms with Crippen molar-refractivity contribution in [2.24, 2.45) is 5.92 Å². The largest absolute Gasteiger partial charge is 0.322 e. The van der Waals surface area contributed by atoms with Crippen molar-refractivity contribution in [1.82, 2.24) is 4.90 Å². The fraction of sp³-hybridized carbons (Fsp3) is 0.533. The number of hydrogen-bond acceptors (Lipinski definition) is 1. The third kappa shape index (κ3) is 2.57. The quantitative estimate of drug-likeness (QED) is 0.867. The molecule has 1 unspecified atom stereocenters. The van der Waals surface area contributed by atoms with Gasteiger partial charge in [0.25, 0.3) is 0 Å². The van der Waals surface area contributed by atoms with E-state index in [0.717, 1.165) is 19.4 Å². The minimum atomic E-state index is -0.286. The summed E-state index contributed by atoms with van der Waals surface area (Å²) in [7, 11) is 0. The van der Waals surface area contributed by atoms with Gasteiger partial charge in [0.1, 0.15) is 5.82 Å². The number of halogens is 1. The van der Waals surface area contributed by atoms with Gasteiger partial charge in [-0.25, -0.2) is 9.18 Å². The van der Waals surface area contributed by atoms with Crippen LogP contribution in [0, 0.1) is 11.7 Å². The topological polar surface area (TPSA) is 32.3 Å². The summed E-state index contributed by atoms with van der Waals surface area (Å²) >= 11 is 0. The average Bonchev–Trinajstić information content (AvgIpc) is 2.79. The summed E-state index contributed by atoms with van der Waals surface area (Å²) in [4.78, 5) is 14.2. The number of benzene rings is 1. The van der Waals surface area contributed by atoms with Crippen molar-refractivity contribution in [2.45, 2.75) is 38.1 Å². The molecular formula is C15H19FN2O. The summed E-state index contributed by atoms with van der Waals surface area (Å²) in [6, 6.07) is 6.30. The molecule has 3 nitrogen and oxygen atoms in total. The van der Waals surface area contributed by atoms with Crippen molar-refractivity contribution >= 4 is 11.7 Å². The Morgan fingerprint density at radius 3 is 2.53 bits per heavy atom. The molecule has 1 saturated carbocycles. The highest BCUT2D eigenvalue weighted by Crippen LogP contribution is 2.37. The predicted molar refractivity (Wildman–Crippen MR) is 72.5 cm³/mol. The molecule has 0 radical (unpaired) electrons. The Morgan fingerprint density at radius 2 is 1.89 bits per heavy atom. The first-order valence-electron chi connectivity index (χ1n) is 7.07. The molecule has 19 heavy (non-hydrogen) atoms. The van der Waals surface area contributed by atoms with Gasteiger partial charge in [0.2, 0.25) is 0 Å². The number of carbonyl (C=O) groups excluding carboxylic acids is 1. The van der Waals surface area contributed by atoms with E-state index in [1.165, 1.54) is 31.4 Å². The third-order valence-corrected chi connectivity index (χ3v) is 4.35. The van der Waals surface area contributed by atoms with Gasteiger partial charge in [-0.2, -0.15) is 0 Å². The summed E-state index contributed by atoms with van der Waals surface area (Å²) in [6.07, 6.45) is 6.03. The number of nitrogens with one attached hydrogen (secondary N) is 1. The normalized spacial score (nSPS) is 23.2. The highest BCUT2D eigenvalue weighted by atomic mass is 19.1. The van der Waals surface area contributed by atoms with Crippen LogP contribution in [0.25, 0.3) is 0 Å². The fourth-order valence-corrected chi connectivity index (χ4v) is 3.09. The van der Waals surface area contributed by atoms with Gasteiger partial charge in [0.05, 0.1) is 0 Å². The average molecular weight is 262 g/mol. The van der Waals surface area contributed by atoms with E-state index >= 15 is 0 Å². The van der Waals surface area contributed by atoms with Gasteiger partial charge in [-0.3, -0.25) is 0 Å². The Kier molecular flexibility index (Phi) is 3.40. The van der Waals surface area contributed by atoms with Gasteiger partial charge < -0.3 is 10.2 Å². The van der Waals surface area contributed by atoms with Gasteiger partial charge in [0.15, 0.2) is 0 Å². The maximum atomic E-state index is 12.8. The Bertz CT molecular complexity index is 456. The Balaban J connectivity index is 1.64. The first kappa shape index (κ1) is 12.5. The molecule has 1 aromatic rings. The lowest BCUT2D eigenvalue weighted by Crippen LogP contribution is -2.44. The monoisotopic (exact) mass is 262 g/mol. The number of amides is 2. The second-order valence-electron chi connectivity index (χ2n) is 5.53. The maximum Gasteiger partial charge on any atom is 0.322 e. The maximum absolute atomic E-state index is 12.8. The zero-order chi connectivity index (χ0) is 13.2. The molecule has 1 aromatic carbocycles. The van der Waals surface area contributed by atoms with Crippen LogP contribution < -0.4 is 5.32 Å². The van der Waals surface area contributed by atoms with Crippen LogP contribution in [-0.4, -0.2) is 23.5 Å². The zero-order valence-electron chi connectivity index (χ0n) is 10.9. The summed E-state index contributed by atoms with van der Waals surface area (Å²) in [5.41, 5.74) is 0.658. The zero-order valence-corrected chi connectivity index (χ0v) is 10.9. The molecule has 2 fully saturated rings. The Hall–Kier alpha value is -1.58. The predicted octanol–water partition coefficient (Wildman–Crippen LogP) is 3.62. The molecular weight excluding hydrogens is 243 g/mol. The van der Waals surface area contributed by atoms with Crippen LogP contribution in [0.1, 0.15) is 32.1 Å². The molecule has 102 valence electrons. The Labute approximate surface area is 112 Å². The van der Waals surface area contributed by atoms with Crippen LogP contribution in [0.2, 0.25) is 0 Å². The standard InChI is InChI=1S/C15H19FN2O/c16-12-6-8-13(9-7-12)17-15(19)18-10-2-5-14(18)11-3-1-4-11/h6-9,11,14H,1-5,10H2,(H,17,19). The number of hydrogen-bond donors (Lipinski definition) is 1. The molecule has 3 rings (SSSR count). The van der Waals surface area contributed by atoms with E-state index in [1.807, 2.05) is 4.90 Å². The van der Waals surface area contributed by atoms with Gasteiger partial charge in [0, 0.05) is 18.3 Å². The first-order chi connectivity index (χ1) is 9.24. The van der Waals surface area contributed by atoms with Crippen molar-refractivity contribution in [1.29, 1.82) is 0 Å². The molecule has 1 saturated heterocycles. The second-order valence-corrected chi connectivity index (χ2v) is 5.53. The van der Waals surface area contributed by atoms with Crippen LogP contribution >= 0.6 is 0 Å². The van der Waals surface area contributed by atoms with Crippen molar-refractivity contribution in [2.75, 3.05) is 11.9 Å². The number of nitrogens with zero attached hydrogens (tertiary/aromatic N) is 1. The minimum Gasteiger partial charge on any atom is -0.321 e. The van der Waals surface area contributed by atoms with Crippen LogP contribution in [0.15, 0.2) is 24.3 Å². The van der Waals surface area contributed by atoms with E-state index in [1.54, 1.807) is 12.1 Å². The van der Waals surface area contributed by atoms with Gasteiger partial charge in [-0.15, -0.1) is 0 Å². The highest BCUT2D eigenvalue weighted by Gasteiger charge is 2.37. The van der Waals surface area contributed by atoms with Crippen molar-refractivity contribution < 1.29 is 9.18 Å². The number of rotatable bonds is 2. The van der Waals surface area contributed by atoms with Gasteiger partial charge >= 0.3 is 6.03 Å². The molecule has 1 atom stereocenters. The number of likely N-dealkylation sites (tertiary alicyclic amines) is 1. The van der Waals surface area contributed by atoms with E-state index in [-0.39, 0.29) is 11.8 Å². The summed E-state index contributed by atoms with van der Waals surface area (Å²) in [6.45, 7) is 0.841. The van der Waals surface area contributed by atoms with Crippen LogP contribution in [-0.2, 0) is 0 Å². The molecule has 4 heteroatoms. The van der Waals surface area contributed by atoms with E-state index < -0.39 is 0 Å². The van der Waals surface area contributed by atoms with Crippen molar-refractivity contribution in [3.05, 3.63) is 30.1 Å². The van der Waals surface area contributed by atoms with E-state index in [2.05, 4.69) is 5.32 Å². The molecule has 2 aliphatic rings. The molecule has 1 heterocycles. The van der Waals surface area contributed by atoms with Crippen LogP contribution in [0.5, 0.6) is 0 Å². The van der Waals surface area contributed by atoms with Gasteiger partial charge in [-0.1, -0.05) is 6.42 Å². The minimum absolute atomic E-state index is 0.0407. The molecule has 0 aromatic heterocycles. The molecule has 0 spiro atoms. The lowest BCUT2D eigenvalue weighted by atomic mass is 9.79. The van der Waals surface area contributed by atoms with E-state index in [0.29, 0.717) is 17.6 Å². The van der Waals surface area contributed by atoms with Crippen LogP contribution in [0.3, 0.4) is 0 Å². The molecule has 0 bridgehead atoms. The number of urea groups is 1. The second kappa shape index (κ2) is 5.19. The SMILES string of the molecule is O=C(Nc1ccc(F)cc1)N1CCCC1C1CCC1. The van der Waals surface area contributed by atoms with E-state index in [9.17, 15) is 9.18 Å². The number of anilines is 1. The highest BCUT2D eigenvalue weighted by molar-refractivity contribution is 5.89. The van der Waals surface area contributed by atoms with Crippen molar-refractivity contribution in [3.8, 4) is 0 Å². The molecule has 1 aliphatic heterocycles.